The van der Waals surface area contributed by atoms with E-state index in [-0.39, 0.29) is 12.4 Å². The van der Waals surface area contributed by atoms with Gasteiger partial charge in [0.05, 0.1) is 11.5 Å². The first-order valence-corrected chi connectivity index (χ1v) is 9.76. The Labute approximate surface area is 168 Å². The first-order chi connectivity index (χ1) is 13.0. The molecule has 0 aliphatic heterocycles. The highest BCUT2D eigenvalue weighted by molar-refractivity contribution is 7.81. The second-order valence-electron chi connectivity index (χ2n) is 6.15. The van der Waals surface area contributed by atoms with Crippen molar-refractivity contribution in [1.82, 2.24) is 0 Å². The topological polar surface area (TPSA) is 56.4 Å². The maximum atomic E-state index is 10.9. The Morgan fingerprint density at radius 3 is 2.67 bits per heavy atom. The van der Waals surface area contributed by atoms with Crippen LogP contribution in [0.1, 0.15) is 21.6 Å². The number of aliphatic hydroxyl groups excluding tert-OH is 2. The average Bonchev–Trinajstić information content (AvgIpc) is 3.20. The van der Waals surface area contributed by atoms with Crippen LogP contribution < -0.4 is 9.88 Å². The number of aromatic nitrogens is 1. The molecule has 6 heteroatoms. The fourth-order valence-corrected chi connectivity index (χ4v) is 3.68. The minimum atomic E-state index is -0.0922. The molecule has 27 heavy (non-hydrogen) atoms. The Hall–Kier alpha value is -2.54. The molecule has 0 atom stereocenters. The summed E-state index contributed by atoms with van der Waals surface area (Å²) in [6.07, 6.45) is 3.56. The van der Waals surface area contributed by atoms with Crippen molar-refractivity contribution < 1.29 is 14.8 Å². The van der Waals surface area contributed by atoms with Gasteiger partial charge in [0.1, 0.15) is 0 Å². The molecule has 4 nitrogen and oxygen atoms in total. The highest BCUT2D eigenvalue weighted by Gasteiger charge is 2.25. The smallest absolute Gasteiger partial charge is 0.289 e. The van der Waals surface area contributed by atoms with E-state index in [4.69, 9.17) is 12.2 Å². The molecule has 0 aliphatic carbocycles. The average molecular weight is 398 g/mol. The van der Waals surface area contributed by atoms with Gasteiger partial charge in [-0.1, -0.05) is 30.4 Å². The van der Waals surface area contributed by atoms with Crippen LogP contribution in [-0.2, 0) is 6.61 Å². The Kier molecular flexibility index (Phi) is 6.01. The molecule has 0 saturated heterocycles. The van der Waals surface area contributed by atoms with Gasteiger partial charge in [-0.15, -0.1) is 11.3 Å². The van der Waals surface area contributed by atoms with E-state index in [1.807, 2.05) is 61.7 Å². The zero-order chi connectivity index (χ0) is 19.4. The number of pyridine rings is 1. The van der Waals surface area contributed by atoms with E-state index in [0.717, 1.165) is 27.3 Å². The van der Waals surface area contributed by atoms with Crippen molar-refractivity contribution in [3.05, 3.63) is 81.8 Å². The molecule has 3 rings (SSSR count). The van der Waals surface area contributed by atoms with Gasteiger partial charge in [0, 0.05) is 17.3 Å². The molecule has 0 unspecified atom stereocenters. The van der Waals surface area contributed by atoms with Gasteiger partial charge in [-0.25, -0.2) is 0 Å². The highest BCUT2D eigenvalue weighted by atomic mass is 32.1. The molecular formula is C21H21N2O2S2+. The van der Waals surface area contributed by atoms with Crippen molar-refractivity contribution in [1.29, 1.82) is 0 Å². The SMILES string of the molecule is Cc1cccc(NC(=S)C(=C(O)c2cccs2)[n+]2cccc(CO)c2)c1C. The summed E-state index contributed by atoms with van der Waals surface area (Å²) in [6, 6.07) is 13.3. The molecule has 0 bridgehead atoms. The van der Waals surface area contributed by atoms with Gasteiger partial charge in [0.25, 0.3) is 5.70 Å². The number of thiocarbonyl (C=S) groups is 1. The van der Waals surface area contributed by atoms with E-state index in [0.29, 0.717) is 10.7 Å². The molecule has 0 saturated carbocycles. The van der Waals surface area contributed by atoms with Gasteiger partial charge < -0.3 is 15.5 Å². The fraction of sp³-hybridized carbons (Fsp3) is 0.143. The number of aryl methyl sites for hydroxylation is 1. The molecule has 0 spiro atoms. The number of aliphatic hydroxyl groups is 2. The van der Waals surface area contributed by atoms with Crippen LogP contribution in [0.5, 0.6) is 0 Å². The van der Waals surface area contributed by atoms with Gasteiger partial charge in [-0.3, -0.25) is 0 Å². The molecule has 3 aromatic rings. The van der Waals surface area contributed by atoms with Crippen molar-refractivity contribution in [2.45, 2.75) is 20.5 Å². The third-order valence-corrected chi connectivity index (χ3v) is 5.52. The van der Waals surface area contributed by atoms with E-state index in [1.165, 1.54) is 11.3 Å². The van der Waals surface area contributed by atoms with E-state index >= 15 is 0 Å². The molecule has 138 valence electrons. The Morgan fingerprint density at radius 2 is 1.96 bits per heavy atom. The highest BCUT2D eigenvalue weighted by Crippen LogP contribution is 2.24. The second kappa shape index (κ2) is 8.43. The third kappa shape index (κ3) is 4.24. The van der Waals surface area contributed by atoms with Gasteiger partial charge in [-0.05, 0) is 48.6 Å². The minimum Gasteiger partial charge on any atom is -0.501 e. The summed E-state index contributed by atoms with van der Waals surface area (Å²) in [5, 5.41) is 25.6. The number of thiophene rings is 1. The number of nitrogens with one attached hydrogen (secondary N) is 1. The number of hydrogen-bond donors (Lipinski definition) is 3. The number of benzene rings is 1. The van der Waals surface area contributed by atoms with Crippen LogP contribution in [0.2, 0.25) is 0 Å². The lowest BCUT2D eigenvalue weighted by Crippen LogP contribution is -2.39. The summed E-state index contributed by atoms with van der Waals surface area (Å²) in [6.45, 7) is 3.98. The zero-order valence-electron chi connectivity index (χ0n) is 15.1. The van der Waals surface area contributed by atoms with Crippen molar-refractivity contribution in [3.63, 3.8) is 0 Å². The fourth-order valence-electron chi connectivity index (χ4n) is 2.70. The molecule has 0 amide bonds. The number of rotatable bonds is 5. The lowest BCUT2D eigenvalue weighted by atomic mass is 10.1. The Bertz CT molecular complexity index is 995. The van der Waals surface area contributed by atoms with Crippen LogP contribution in [0, 0.1) is 13.8 Å². The quantitative estimate of drug-likeness (QED) is 0.257. The normalized spacial score (nSPS) is 11.8. The van der Waals surface area contributed by atoms with Crippen LogP contribution in [0.4, 0.5) is 5.69 Å². The number of nitrogens with zero attached hydrogens (tertiary/aromatic N) is 1. The first kappa shape index (κ1) is 19.2. The molecule has 2 aromatic heterocycles. The van der Waals surface area contributed by atoms with Crippen LogP contribution in [0.25, 0.3) is 11.5 Å². The molecule has 3 N–H and O–H groups in total. The maximum Gasteiger partial charge on any atom is 0.289 e. The first-order valence-electron chi connectivity index (χ1n) is 8.47. The van der Waals surface area contributed by atoms with Crippen molar-refractivity contribution in [2.24, 2.45) is 0 Å². The second-order valence-corrected chi connectivity index (χ2v) is 7.51. The van der Waals surface area contributed by atoms with Crippen molar-refractivity contribution in [2.75, 3.05) is 5.32 Å². The lowest BCUT2D eigenvalue weighted by molar-refractivity contribution is -0.576. The van der Waals surface area contributed by atoms with E-state index in [2.05, 4.69) is 5.32 Å². The predicted molar refractivity (Wildman–Crippen MR) is 115 cm³/mol. The molecule has 1 aromatic carbocycles. The van der Waals surface area contributed by atoms with Gasteiger partial charge in [-0.2, -0.15) is 4.57 Å². The zero-order valence-corrected chi connectivity index (χ0v) is 16.8. The molecule has 0 radical (unpaired) electrons. The van der Waals surface area contributed by atoms with Gasteiger partial charge in [0.2, 0.25) is 5.76 Å². The number of hydrogen-bond acceptors (Lipinski definition) is 4. The van der Waals surface area contributed by atoms with Crippen LogP contribution >= 0.6 is 23.6 Å². The summed E-state index contributed by atoms with van der Waals surface area (Å²) >= 11 is 7.10. The van der Waals surface area contributed by atoms with Gasteiger partial charge in [0.15, 0.2) is 17.4 Å². The summed E-state index contributed by atoms with van der Waals surface area (Å²) < 4.78 is 1.74. The summed E-state index contributed by atoms with van der Waals surface area (Å²) in [5.74, 6) is 0.0906. The van der Waals surface area contributed by atoms with Crippen LogP contribution in [0.15, 0.2) is 60.2 Å². The van der Waals surface area contributed by atoms with Crippen molar-refractivity contribution >= 4 is 45.7 Å². The van der Waals surface area contributed by atoms with Crippen LogP contribution in [-0.4, -0.2) is 15.2 Å². The number of anilines is 1. The Balaban J connectivity index is 2.08. The van der Waals surface area contributed by atoms with Crippen LogP contribution in [0.3, 0.4) is 0 Å². The minimum absolute atomic E-state index is 0.0906. The van der Waals surface area contributed by atoms with E-state index in [1.54, 1.807) is 17.0 Å². The third-order valence-electron chi connectivity index (χ3n) is 4.35. The summed E-state index contributed by atoms with van der Waals surface area (Å²) in [7, 11) is 0. The molecular weight excluding hydrogens is 376 g/mol. The maximum absolute atomic E-state index is 10.9. The monoisotopic (exact) mass is 397 g/mol. The standard InChI is InChI=1S/C21H20N2O2S2/c1-14-6-3-8-17(15(14)2)22-21(26)19(20(25)18-9-5-11-27-18)23-10-4-7-16(12-23)13-24/h3-12,24H,13H2,1-2H3,(H-,22,25,26)/p+1. The lowest BCUT2D eigenvalue weighted by Gasteiger charge is -2.13. The predicted octanol–water partition coefficient (Wildman–Crippen LogP) is 4.47. The largest absolute Gasteiger partial charge is 0.501 e. The van der Waals surface area contributed by atoms with E-state index < -0.39 is 0 Å². The summed E-state index contributed by atoms with van der Waals surface area (Å²) in [5.41, 5.74) is 4.34. The summed E-state index contributed by atoms with van der Waals surface area (Å²) in [4.78, 5) is 1.12. The van der Waals surface area contributed by atoms with Crippen molar-refractivity contribution in [3.8, 4) is 0 Å². The molecule has 0 aliphatic rings. The Morgan fingerprint density at radius 1 is 1.15 bits per heavy atom. The van der Waals surface area contributed by atoms with E-state index in [9.17, 15) is 10.2 Å². The molecule has 2 heterocycles. The van der Waals surface area contributed by atoms with Gasteiger partial charge >= 0.3 is 0 Å². The molecule has 0 fully saturated rings.